The van der Waals surface area contributed by atoms with Crippen molar-refractivity contribution >= 4 is 22.9 Å². The van der Waals surface area contributed by atoms with Gasteiger partial charge in [-0.2, -0.15) is 5.10 Å². The number of fused-ring (bicyclic) bond motifs is 1. The predicted octanol–water partition coefficient (Wildman–Crippen LogP) is 1.66. The van der Waals surface area contributed by atoms with Gasteiger partial charge in [-0.1, -0.05) is 0 Å². The molecule has 136 valence electrons. The molecule has 0 fully saturated rings. The van der Waals surface area contributed by atoms with E-state index < -0.39 is 17.9 Å². The van der Waals surface area contributed by atoms with Gasteiger partial charge in [0.25, 0.3) is 5.91 Å². The molecule has 0 bridgehead atoms. The summed E-state index contributed by atoms with van der Waals surface area (Å²) >= 11 is 0. The van der Waals surface area contributed by atoms with Crippen molar-refractivity contribution in [3.8, 4) is 0 Å². The number of rotatable bonds is 6. The third-order valence-electron chi connectivity index (χ3n) is 3.67. The Hall–Kier alpha value is -2.48. The molecule has 0 aromatic carbocycles. The third-order valence-corrected chi connectivity index (χ3v) is 3.67. The summed E-state index contributed by atoms with van der Waals surface area (Å²) < 4.78 is 7.17. The molecule has 2 heterocycles. The number of carbonyl (C=O) groups excluding carboxylic acids is 1. The Bertz CT molecular complexity index is 792. The molecule has 0 radical (unpaired) electrons. The molecule has 1 atom stereocenters. The first-order chi connectivity index (χ1) is 11.6. The molecule has 0 aliphatic carbocycles. The predicted molar refractivity (Wildman–Crippen MR) is 92.5 cm³/mol. The minimum absolute atomic E-state index is 0.180. The number of carboxylic acids is 1. The number of nitrogens with zero attached hydrogens (tertiary/aromatic N) is 3. The van der Waals surface area contributed by atoms with Crippen molar-refractivity contribution in [1.82, 2.24) is 20.1 Å². The molecule has 2 aromatic rings. The molecule has 1 amide bonds. The molecule has 0 saturated carbocycles. The van der Waals surface area contributed by atoms with Gasteiger partial charge in [-0.25, -0.2) is 9.78 Å². The lowest BCUT2D eigenvalue weighted by Crippen LogP contribution is -2.42. The van der Waals surface area contributed by atoms with Gasteiger partial charge in [-0.15, -0.1) is 0 Å². The van der Waals surface area contributed by atoms with Crippen LogP contribution in [0.1, 0.15) is 43.2 Å². The van der Waals surface area contributed by atoms with Crippen LogP contribution >= 0.6 is 0 Å². The van der Waals surface area contributed by atoms with Crippen molar-refractivity contribution in [1.29, 1.82) is 0 Å². The monoisotopic (exact) mass is 348 g/mol. The molecule has 0 spiro atoms. The van der Waals surface area contributed by atoms with Gasteiger partial charge in [0.1, 0.15) is 6.04 Å². The van der Waals surface area contributed by atoms with Crippen LogP contribution in [0, 0.1) is 6.92 Å². The molecular formula is C17H24N4O4. The van der Waals surface area contributed by atoms with Crippen molar-refractivity contribution in [3.05, 3.63) is 23.5 Å². The van der Waals surface area contributed by atoms with Crippen LogP contribution < -0.4 is 5.32 Å². The highest BCUT2D eigenvalue weighted by atomic mass is 16.5. The highest BCUT2D eigenvalue weighted by molar-refractivity contribution is 5.99. The van der Waals surface area contributed by atoms with Crippen LogP contribution in [0.15, 0.2) is 12.3 Å². The highest BCUT2D eigenvalue weighted by Gasteiger charge is 2.22. The number of aliphatic carboxylic acids is 1. The summed E-state index contributed by atoms with van der Waals surface area (Å²) in [6, 6.07) is 0.644. The second kappa shape index (κ2) is 7.18. The Morgan fingerprint density at radius 1 is 1.40 bits per heavy atom. The Labute approximate surface area is 146 Å². The fourth-order valence-corrected chi connectivity index (χ4v) is 2.41. The quantitative estimate of drug-likeness (QED) is 0.822. The summed E-state index contributed by atoms with van der Waals surface area (Å²) in [5, 5.41) is 16.9. The molecule has 8 heteroatoms. The number of hydrogen-bond donors (Lipinski definition) is 2. The molecule has 1 unspecified atom stereocenters. The Kier molecular flexibility index (Phi) is 5.42. The van der Waals surface area contributed by atoms with E-state index in [1.54, 1.807) is 17.8 Å². The van der Waals surface area contributed by atoms with Crippen LogP contribution in [0.3, 0.4) is 0 Å². The summed E-state index contributed by atoms with van der Waals surface area (Å²) in [4.78, 5) is 28.0. The highest BCUT2D eigenvalue weighted by Crippen LogP contribution is 2.16. The first-order valence-electron chi connectivity index (χ1n) is 8.05. The number of carbonyl (C=O) groups is 2. The fourth-order valence-electron chi connectivity index (χ4n) is 2.41. The van der Waals surface area contributed by atoms with E-state index in [2.05, 4.69) is 15.4 Å². The van der Waals surface area contributed by atoms with Gasteiger partial charge in [0.2, 0.25) is 0 Å². The van der Waals surface area contributed by atoms with Crippen LogP contribution in [0.5, 0.6) is 0 Å². The van der Waals surface area contributed by atoms with Gasteiger partial charge < -0.3 is 15.2 Å². The van der Waals surface area contributed by atoms with Crippen molar-refractivity contribution < 1.29 is 19.4 Å². The lowest BCUT2D eigenvalue weighted by molar-refractivity contribution is -0.140. The summed E-state index contributed by atoms with van der Waals surface area (Å²) in [5.74, 6) is -1.58. The van der Waals surface area contributed by atoms with Crippen molar-refractivity contribution in [3.63, 3.8) is 0 Å². The summed E-state index contributed by atoms with van der Waals surface area (Å²) in [6.45, 7) is 7.73. The Morgan fingerprint density at radius 2 is 2.08 bits per heavy atom. The van der Waals surface area contributed by atoms with E-state index in [0.717, 1.165) is 11.1 Å². The lowest BCUT2D eigenvalue weighted by atomic mass is 10.1. The van der Waals surface area contributed by atoms with Crippen molar-refractivity contribution in [2.45, 2.75) is 45.8 Å². The second-order valence-electron chi connectivity index (χ2n) is 6.92. The maximum Gasteiger partial charge on any atom is 0.326 e. The Morgan fingerprint density at radius 3 is 2.68 bits per heavy atom. The number of ether oxygens (including phenoxy) is 1. The SMILES string of the molecule is Cc1nn(C)c2ncc(C(=O)NC(CCOC(C)(C)C)C(=O)O)cc12. The van der Waals surface area contributed by atoms with Gasteiger partial charge in [0, 0.05) is 31.7 Å². The number of aryl methyl sites for hydroxylation is 2. The molecule has 2 rings (SSSR count). The molecule has 25 heavy (non-hydrogen) atoms. The first-order valence-corrected chi connectivity index (χ1v) is 8.05. The molecule has 2 N–H and O–H groups in total. The van der Waals surface area contributed by atoms with E-state index in [1.807, 2.05) is 27.7 Å². The number of amides is 1. The first kappa shape index (κ1) is 18.9. The largest absolute Gasteiger partial charge is 0.480 e. The zero-order valence-corrected chi connectivity index (χ0v) is 15.2. The van der Waals surface area contributed by atoms with E-state index in [9.17, 15) is 14.7 Å². The van der Waals surface area contributed by atoms with Gasteiger partial charge in [-0.05, 0) is 33.8 Å². The van der Waals surface area contributed by atoms with Crippen LogP contribution in [0.4, 0.5) is 0 Å². The minimum atomic E-state index is -1.10. The fraction of sp³-hybridized carbons (Fsp3) is 0.529. The third kappa shape index (κ3) is 4.76. The lowest BCUT2D eigenvalue weighted by Gasteiger charge is -2.21. The number of aromatic nitrogens is 3. The number of pyridine rings is 1. The van der Waals surface area contributed by atoms with E-state index in [-0.39, 0.29) is 18.6 Å². The van der Waals surface area contributed by atoms with Crippen LogP contribution in [0.2, 0.25) is 0 Å². The normalized spacial score (nSPS) is 13.0. The summed E-state index contributed by atoms with van der Waals surface area (Å²) in [7, 11) is 1.78. The zero-order valence-electron chi connectivity index (χ0n) is 15.2. The second-order valence-corrected chi connectivity index (χ2v) is 6.92. The van der Waals surface area contributed by atoms with E-state index in [1.165, 1.54) is 6.20 Å². The maximum atomic E-state index is 12.4. The van der Waals surface area contributed by atoms with Crippen molar-refractivity contribution in [2.75, 3.05) is 6.61 Å². The van der Waals surface area contributed by atoms with Gasteiger partial charge in [0.05, 0.1) is 16.9 Å². The summed E-state index contributed by atoms with van der Waals surface area (Å²) in [5.41, 5.74) is 1.36. The molecule has 8 nitrogen and oxygen atoms in total. The number of hydrogen-bond acceptors (Lipinski definition) is 5. The molecule has 0 saturated heterocycles. The average molecular weight is 348 g/mol. The minimum Gasteiger partial charge on any atom is -0.480 e. The van der Waals surface area contributed by atoms with E-state index >= 15 is 0 Å². The number of nitrogens with one attached hydrogen (secondary N) is 1. The Balaban J connectivity index is 2.10. The molecule has 0 aliphatic rings. The van der Waals surface area contributed by atoms with Crippen molar-refractivity contribution in [2.24, 2.45) is 7.05 Å². The zero-order chi connectivity index (χ0) is 18.8. The van der Waals surface area contributed by atoms with Crippen LogP contribution in [0.25, 0.3) is 11.0 Å². The average Bonchev–Trinajstić information content (AvgIpc) is 2.79. The van der Waals surface area contributed by atoms with Crippen LogP contribution in [-0.4, -0.2) is 50.0 Å². The van der Waals surface area contributed by atoms with Crippen LogP contribution in [-0.2, 0) is 16.6 Å². The van der Waals surface area contributed by atoms with Gasteiger partial charge in [0.15, 0.2) is 5.65 Å². The van der Waals surface area contributed by atoms with Gasteiger partial charge >= 0.3 is 5.97 Å². The number of carboxylic acid groups (broad SMARTS) is 1. The molecular weight excluding hydrogens is 324 g/mol. The van der Waals surface area contributed by atoms with E-state index in [0.29, 0.717) is 11.2 Å². The molecule has 0 aliphatic heterocycles. The molecule has 2 aromatic heterocycles. The van der Waals surface area contributed by atoms with E-state index in [4.69, 9.17) is 4.74 Å². The summed E-state index contributed by atoms with van der Waals surface area (Å²) in [6.07, 6.45) is 1.60. The maximum absolute atomic E-state index is 12.4. The smallest absolute Gasteiger partial charge is 0.326 e. The van der Waals surface area contributed by atoms with Gasteiger partial charge in [-0.3, -0.25) is 9.48 Å². The topological polar surface area (TPSA) is 106 Å². The standard InChI is InChI=1S/C17H24N4O4/c1-10-12-8-11(9-18-14(12)21(5)20-10)15(22)19-13(16(23)24)6-7-25-17(2,3)4/h8-9,13H,6-7H2,1-5H3,(H,19,22)(H,23,24).